The summed E-state index contributed by atoms with van der Waals surface area (Å²) in [5, 5.41) is 5.16. The van der Waals surface area contributed by atoms with Crippen LogP contribution in [0.15, 0.2) is 59.7 Å². The number of carbonyl (C=O) groups excluding carboxylic acids is 2. The molecule has 1 aliphatic heterocycles. The van der Waals surface area contributed by atoms with Crippen LogP contribution in [0.1, 0.15) is 78.8 Å². The van der Waals surface area contributed by atoms with Crippen LogP contribution in [-0.2, 0) is 6.54 Å². The first-order valence-corrected chi connectivity index (χ1v) is 12.7. The van der Waals surface area contributed by atoms with Gasteiger partial charge in [0, 0.05) is 32.0 Å². The number of amides is 2. The molecule has 1 fully saturated rings. The van der Waals surface area contributed by atoms with Gasteiger partial charge in [0.25, 0.3) is 11.8 Å². The van der Waals surface area contributed by atoms with Crippen LogP contribution in [0.4, 0.5) is 0 Å². The van der Waals surface area contributed by atoms with Gasteiger partial charge in [-0.2, -0.15) is 0 Å². The van der Waals surface area contributed by atoms with Gasteiger partial charge in [0.05, 0.1) is 6.04 Å². The van der Waals surface area contributed by atoms with E-state index < -0.39 is 11.3 Å². The lowest BCUT2D eigenvalue weighted by atomic mass is 9.99. The number of carbonyl (C=O) groups is 2. The highest BCUT2D eigenvalue weighted by atomic mass is 16.2. The molecular weight excluding hydrogens is 438 g/mol. The van der Waals surface area contributed by atoms with Gasteiger partial charge in [-0.05, 0) is 42.0 Å². The Kier molecular flexibility index (Phi) is 7.69. The normalized spacial score (nSPS) is 15.1. The molecule has 1 saturated heterocycles. The minimum atomic E-state index is -0.498. The highest BCUT2D eigenvalue weighted by Gasteiger charge is 2.25. The number of aromatic nitrogens is 1. The van der Waals surface area contributed by atoms with Crippen LogP contribution in [0.25, 0.3) is 10.8 Å². The topological polar surface area (TPSA) is 71.4 Å². The van der Waals surface area contributed by atoms with E-state index in [0.717, 1.165) is 42.0 Å². The van der Waals surface area contributed by atoms with E-state index in [1.54, 1.807) is 17.3 Å². The predicted molar refractivity (Wildman–Crippen MR) is 140 cm³/mol. The third-order valence-electron chi connectivity index (χ3n) is 6.66. The van der Waals surface area contributed by atoms with Crippen molar-refractivity contribution in [3.8, 4) is 0 Å². The first kappa shape index (κ1) is 24.7. The maximum atomic E-state index is 13.4. The summed E-state index contributed by atoms with van der Waals surface area (Å²) in [6.07, 6.45) is 7.28. The monoisotopic (exact) mass is 473 g/mol. The molecule has 1 atom stereocenters. The van der Waals surface area contributed by atoms with Crippen molar-refractivity contribution in [3.05, 3.63) is 81.8 Å². The number of nitrogens with zero attached hydrogens (tertiary/aromatic N) is 2. The smallest absolute Gasteiger partial charge is 0.259 e. The van der Waals surface area contributed by atoms with Gasteiger partial charge >= 0.3 is 0 Å². The molecule has 6 heteroatoms. The molecule has 4 rings (SSSR count). The molecule has 184 valence electrons. The van der Waals surface area contributed by atoms with Crippen LogP contribution < -0.4 is 10.7 Å². The van der Waals surface area contributed by atoms with E-state index in [0.29, 0.717) is 25.6 Å². The Morgan fingerprint density at radius 3 is 2.26 bits per heavy atom. The molecule has 2 heterocycles. The Morgan fingerprint density at radius 2 is 1.54 bits per heavy atom. The molecule has 0 aliphatic carbocycles. The number of hydrogen-bond donors (Lipinski definition) is 1. The van der Waals surface area contributed by atoms with Crippen molar-refractivity contribution in [2.24, 2.45) is 5.92 Å². The van der Waals surface area contributed by atoms with Crippen molar-refractivity contribution >= 4 is 22.6 Å². The third-order valence-corrected chi connectivity index (χ3v) is 6.66. The lowest BCUT2D eigenvalue weighted by Crippen LogP contribution is -2.38. The highest BCUT2D eigenvalue weighted by molar-refractivity contribution is 5.99. The lowest BCUT2D eigenvalue weighted by Gasteiger charge is -2.22. The molecule has 6 nitrogen and oxygen atoms in total. The molecule has 0 spiro atoms. The summed E-state index contributed by atoms with van der Waals surface area (Å²) in [6.45, 7) is 7.96. The lowest BCUT2D eigenvalue weighted by molar-refractivity contribution is 0.0759. The van der Waals surface area contributed by atoms with Crippen LogP contribution in [0.3, 0.4) is 0 Å². The SMILES string of the molecule is CC(C)Cn1cc(C(=O)N[C@@H](C)c2cccc3ccccc23)c(=O)c(C(=O)N2CCCCCC2)c1. The second-order valence-electron chi connectivity index (χ2n) is 9.98. The van der Waals surface area contributed by atoms with E-state index in [9.17, 15) is 14.4 Å². The average molecular weight is 474 g/mol. The van der Waals surface area contributed by atoms with Crippen LogP contribution in [0, 0.1) is 5.92 Å². The quantitative estimate of drug-likeness (QED) is 0.537. The largest absolute Gasteiger partial charge is 0.352 e. The Balaban J connectivity index is 1.67. The molecule has 1 N–H and O–H groups in total. The molecule has 0 bridgehead atoms. The fourth-order valence-corrected chi connectivity index (χ4v) is 4.90. The maximum Gasteiger partial charge on any atom is 0.259 e. The van der Waals surface area contributed by atoms with Gasteiger partial charge < -0.3 is 14.8 Å². The van der Waals surface area contributed by atoms with Crippen LogP contribution in [-0.4, -0.2) is 34.4 Å². The number of fused-ring (bicyclic) bond motifs is 1. The first-order valence-electron chi connectivity index (χ1n) is 12.7. The molecule has 0 unspecified atom stereocenters. The number of hydrogen-bond acceptors (Lipinski definition) is 3. The predicted octanol–water partition coefficient (Wildman–Crippen LogP) is 5.16. The summed E-state index contributed by atoms with van der Waals surface area (Å²) < 4.78 is 1.81. The molecule has 2 amide bonds. The van der Waals surface area contributed by atoms with Crippen molar-refractivity contribution in [1.29, 1.82) is 0 Å². The van der Waals surface area contributed by atoms with Gasteiger partial charge in [-0.3, -0.25) is 14.4 Å². The molecule has 3 aromatic rings. The van der Waals surface area contributed by atoms with Gasteiger partial charge in [0.2, 0.25) is 5.43 Å². The van der Waals surface area contributed by atoms with Gasteiger partial charge in [-0.15, -0.1) is 0 Å². The first-order chi connectivity index (χ1) is 16.8. The van der Waals surface area contributed by atoms with Gasteiger partial charge in [-0.1, -0.05) is 69.2 Å². The molecule has 0 radical (unpaired) electrons. The van der Waals surface area contributed by atoms with Crippen molar-refractivity contribution in [1.82, 2.24) is 14.8 Å². The van der Waals surface area contributed by atoms with E-state index in [2.05, 4.69) is 19.2 Å². The van der Waals surface area contributed by atoms with Gasteiger partial charge in [0.15, 0.2) is 0 Å². The van der Waals surface area contributed by atoms with Crippen LogP contribution in [0.2, 0.25) is 0 Å². The van der Waals surface area contributed by atoms with Crippen LogP contribution in [0.5, 0.6) is 0 Å². The second kappa shape index (κ2) is 10.9. The summed E-state index contributed by atoms with van der Waals surface area (Å²) in [5.41, 5.74) is 0.578. The van der Waals surface area contributed by atoms with Crippen molar-refractivity contribution < 1.29 is 9.59 Å². The Bertz CT molecular complexity index is 1260. The van der Waals surface area contributed by atoms with Crippen molar-refractivity contribution in [2.45, 2.75) is 59.0 Å². The number of nitrogens with one attached hydrogen (secondary N) is 1. The summed E-state index contributed by atoms with van der Waals surface area (Å²) >= 11 is 0. The molecular formula is C29H35N3O3. The zero-order valence-electron chi connectivity index (χ0n) is 20.9. The minimum Gasteiger partial charge on any atom is -0.352 e. The Morgan fingerprint density at radius 1 is 0.886 bits per heavy atom. The maximum absolute atomic E-state index is 13.4. The van der Waals surface area contributed by atoms with Crippen LogP contribution >= 0.6 is 0 Å². The third kappa shape index (κ3) is 5.64. The van der Waals surface area contributed by atoms with Crippen molar-refractivity contribution in [2.75, 3.05) is 13.1 Å². The van der Waals surface area contributed by atoms with Gasteiger partial charge in [0.1, 0.15) is 11.1 Å². The zero-order chi connectivity index (χ0) is 24.9. The highest BCUT2D eigenvalue weighted by Crippen LogP contribution is 2.24. The van der Waals surface area contributed by atoms with E-state index >= 15 is 0 Å². The number of likely N-dealkylation sites (tertiary alicyclic amines) is 1. The summed E-state index contributed by atoms with van der Waals surface area (Å²) in [5.74, 6) is -0.436. The Hall–Kier alpha value is -3.41. The second-order valence-corrected chi connectivity index (χ2v) is 9.98. The molecule has 1 aliphatic rings. The fourth-order valence-electron chi connectivity index (χ4n) is 4.90. The standard InChI is InChI=1S/C29H35N3O3/c1-20(2)17-31-18-25(27(33)26(19-31)29(35)32-15-8-4-5-9-16-32)28(34)30-21(3)23-14-10-12-22-11-6-7-13-24(22)23/h6-7,10-14,18-21H,4-5,8-9,15-17H2,1-3H3,(H,30,34)/t21-/m0/s1. The molecule has 1 aromatic heterocycles. The number of benzene rings is 2. The minimum absolute atomic E-state index is 0.0124. The van der Waals surface area contributed by atoms with E-state index in [1.165, 1.54) is 0 Å². The fraction of sp³-hybridized carbons (Fsp3) is 0.414. The molecule has 0 saturated carbocycles. The summed E-state index contributed by atoms with van der Waals surface area (Å²) in [7, 11) is 0. The average Bonchev–Trinajstić information content (AvgIpc) is 3.13. The summed E-state index contributed by atoms with van der Waals surface area (Å²) in [6, 6.07) is 13.7. The van der Waals surface area contributed by atoms with E-state index in [1.807, 2.05) is 54.0 Å². The number of rotatable bonds is 6. The number of pyridine rings is 1. The van der Waals surface area contributed by atoms with E-state index in [-0.39, 0.29) is 23.1 Å². The van der Waals surface area contributed by atoms with E-state index in [4.69, 9.17) is 0 Å². The van der Waals surface area contributed by atoms with Crippen molar-refractivity contribution in [3.63, 3.8) is 0 Å². The molecule has 35 heavy (non-hydrogen) atoms. The Labute approximate surface area is 206 Å². The van der Waals surface area contributed by atoms with Gasteiger partial charge in [-0.25, -0.2) is 0 Å². The summed E-state index contributed by atoms with van der Waals surface area (Å²) in [4.78, 5) is 41.9. The zero-order valence-corrected chi connectivity index (χ0v) is 20.9. The molecule has 2 aromatic carbocycles.